The molecular weight excluding hydrogens is 186 g/mol. The first kappa shape index (κ1) is 12.3. The fraction of sp³-hybridized carbons (Fsp3) is 0.917. The number of rotatable bonds is 5. The van der Waals surface area contributed by atoms with E-state index in [4.69, 9.17) is 0 Å². The molecular formula is C12H25N3. The largest absolute Gasteiger partial charge is 0.339 e. The van der Waals surface area contributed by atoms with Crippen LogP contribution in [-0.2, 0) is 0 Å². The Morgan fingerprint density at radius 1 is 1.27 bits per heavy atom. The van der Waals surface area contributed by atoms with Gasteiger partial charge in [0.05, 0.1) is 0 Å². The third kappa shape index (κ3) is 3.11. The minimum atomic E-state index is 0.465. The number of hydrogen-bond acceptors (Lipinski definition) is 3. The van der Waals surface area contributed by atoms with Crippen molar-refractivity contribution < 1.29 is 0 Å². The Morgan fingerprint density at radius 3 is 2.40 bits per heavy atom. The summed E-state index contributed by atoms with van der Waals surface area (Å²) >= 11 is 0. The van der Waals surface area contributed by atoms with Crippen LogP contribution in [0, 0.1) is 11.8 Å². The second-order valence-electron chi connectivity index (χ2n) is 5.14. The zero-order valence-corrected chi connectivity index (χ0v) is 10.8. The van der Waals surface area contributed by atoms with E-state index in [2.05, 4.69) is 49.6 Å². The maximum Gasteiger partial charge on any atom is 0.121 e. The molecule has 1 rings (SSSR count). The lowest BCUT2D eigenvalue weighted by molar-refractivity contribution is 0.0830. The highest BCUT2D eigenvalue weighted by molar-refractivity contribution is 5.57. The van der Waals surface area contributed by atoms with Crippen molar-refractivity contribution in [2.75, 3.05) is 13.1 Å². The topological polar surface area (TPSA) is 18.8 Å². The molecule has 0 saturated carbocycles. The Bertz CT molecular complexity index is 211. The molecule has 1 heterocycles. The van der Waals surface area contributed by atoms with Gasteiger partial charge in [0, 0.05) is 13.1 Å². The summed E-state index contributed by atoms with van der Waals surface area (Å²) in [5.74, 6) is 1.32. The standard InChI is InChI=1S/C12H25N3/c1-6-7-15-12(11(4)5)14(9-13-15)8-10(2)3/h9-12H,6-8H2,1-5H3. The molecule has 0 aromatic heterocycles. The van der Waals surface area contributed by atoms with Crippen molar-refractivity contribution in [3.05, 3.63) is 0 Å². The maximum atomic E-state index is 4.50. The lowest BCUT2D eigenvalue weighted by Crippen LogP contribution is -2.45. The lowest BCUT2D eigenvalue weighted by atomic mass is 10.1. The van der Waals surface area contributed by atoms with Gasteiger partial charge in [-0.25, -0.2) is 0 Å². The number of hydrazone groups is 1. The molecule has 15 heavy (non-hydrogen) atoms. The summed E-state index contributed by atoms with van der Waals surface area (Å²) < 4.78 is 0. The van der Waals surface area contributed by atoms with E-state index in [0.29, 0.717) is 18.0 Å². The van der Waals surface area contributed by atoms with E-state index in [0.717, 1.165) is 19.5 Å². The van der Waals surface area contributed by atoms with Gasteiger partial charge in [0.2, 0.25) is 0 Å². The minimum absolute atomic E-state index is 0.465. The molecule has 3 heteroatoms. The van der Waals surface area contributed by atoms with Gasteiger partial charge < -0.3 is 4.90 Å². The van der Waals surface area contributed by atoms with E-state index in [1.807, 2.05) is 6.34 Å². The van der Waals surface area contributed by atoms with Crippen molar-refractivity contribution in [2.45, 2.75) is 47.2 Å². The van der Waals surface area contributed by atoms with Crippen LogP contribution in [0.1, 0.15) is 41.0 Å². The molecule has 0 spiro atoms. The van der Waals surface area contributed by atoms with Gasteiger partial charge >= 0.3 is 0 Å². The molecule has 1 aliphatic rings. The SMILES string of the molecule is CCCN1N=CN(CC(C)C)C1C(C)C. The summed E-state index contributed by atoms with van der Waals surface area (Å²) in [6.45, 7) is 13.4. The first-order chi connectivity index (χ1) is 7.06. The third-order valence-electron chi connectivity index (χ3n) is 2.62. The Labute approximate surface area is 94.1 Å². The average Bonchev–Trinajstić information content (AvgIpc) is 2.47. The zero-order chi connectivity index (χ0) is 11.4. The fourth-order valence-electron chi connectivity index (χ4n) is 2.16. The summed E-state index contributed by atoms with van der Waals surface area (Å²) in [6, 6.07) is 0. The van der Waals surface area contributed by atoms with Gasteiger partial charge in [0.15, 0.2) is 0 Å². The van der Waals surface area contributed by atoms with Crippen molar-refractivity contribution in [3.8, 4) is 0 Å². The van der Waals surface area contributed by atoms with Gasteiger partial charge in [-0.15, -0.1) is 0 Å². The average molecular weight is 211 g/mol. The van der Waals surface area contributed by atoms with Gasteiger partial charge in [-0.05, 0) is 18.3 Å². The Balaban J connectivity index is 2.62. The maximum absolute atomic E-state index is 4.50. The molecule has 0 bridgehead atoms. The second-order valence-corrected chi connectivity index (χ2v) is 5.14. The van der Waals surface area contributed by atoms with Gasteiger partial charge in [0.25, 0.3) is 0 Å². The van der Waals surface area contributed by atoms with Crippen molar-refractivity contribution >= 4 is 6.34 Å². The Morgan fingerprint density at radius 2 is 1.93 bits per heavy atom. The van der Waals surface area contributed by atoms with E-state index in [-0.39, 0.29) is 0 Å². The molecule has 0 aromatic rings. The molecule has 1 aliphatic heterocycles. The van der Waals surface area contributed by atoms with E-state index in [9.17, 15) is 0 Å². The van der Waals surface area contributed by atoms with Crippen LogP contribution in [0.5, 0.6) is 0 Å². The van der Waals surface area contributed by atoms with Crippen molar-refractivity contribution in [1.29, 1.82) is 0 Å². The van der Waals surface area contributed by atoms with Crippen molar-refractivity contribution in [3.63, 3.8) is 0 Å². The van der Waals surface area contributed by atoms with E-state index >= 15 is 0 Å². The zero-order valence-electron chi connectivity index (χ0n) is 10.8. The molecule has 0 aliphatic carbocycles. The predicted molar refractivity (Wildman–Crippen MR) is 65.7 cm³/mol. The summed E-state index contributed by atoms with van der Waals surface area (Å²) in [6.07, 6.45) is 3.64. The van der Waals surface area contributed by atoms with Crippen LogP contribution >= 0.6 is 0 Å². The van der Waals surface area contributed by atoms with Crippen LogP contribution in [-0.4, -0.2) is 35.5 Å². The van der Waals surface area contributed by atoms with Crippen LogP contribution in [0.2, 0.25) is 0 Å². The van der Waals surface area contributed by atoms with Gasteiger partial charge in [-0.2, -0.15) is 5.10 Å². The molecule has 0 fully saturated rings. The minimum Gasteiger partial charge on any atom is -0.339 e. The van der Waals surface area contributed by atoms with Crippen LogP contribution in [0.25, 0.3) is 0 Å². The molecule has 1 unspecified atom stereocenters. The Kier molecular flexibility index (Phi) is 4.43. The van der Waals surface area contributed by atoms with Crippen LogP contribution in [0.15, 0.2) is 5.10 Å². The molecule has 0 amide bonds. The Hall–Kier alpha value is -0.730. The highest BCUT2D eigenvalue weighted by Crippen LogP contribution is 2.21. The monoisotopic (exact) mass is 211 g/mol. The molecule has 0 N–H and O–H groups in total. The quantitative estimate of drug-likeness (QED) is 0.696. The van der Waals surface area contributed by atoms with Crippen LogP contribution in [0.4, 0.5) is 0 Å². The van der Waals surface area contributed by atoms with Crippen LogP contribution in [0.3, 0.4) is 0 Å². The first-order valence-electron chi connectivity index (χ1n) is 6.12. The lowest BCUT2D eigenvalue weighted by Gasteiger charge is -2.34. The first-order valence-corrected chi connectivity index (χ1v) is 6.12. The van der Waals surface area contributed by atoms with Gasteiger partial charge in [0.1, 0.15) is 12.5 Å². The summed E-state index contributed by atoms with van der Waals surface area (Å²) in [7, 11) is 0. The fourth-order valence-corrected chi connectivity index (χ4v) is 2.16. The number of nitrogens with zero attached hydrogens (tertiary/aromatic N) is 3. The second kappa shape index (κ2) is 5.38. The highest BCUT2D eigenvalue weighted by atomic mass is 15.6. The predicted octanol–water partition coefficient (Wildman–Crippen LogP) is 2.60. The molecule has 3 nitrogen and oxygen atoms in total. The summed E-state index contributed by atoms with van der Waals surface area (Å²) in [5, 5.41) is 6.73. The van der Waals surface area contributed by atoms with Crippen LogP contribution < -0.4 is 0 Å². The summed E-state index contributed by atoms with van der Waals surface area (Å²) in [4.78, 5) is 2.38. The molecule has 1 atom stereocenters. The third-order valence-corrected chi connectivity index (χ3v) is 2.62. The van der Waals surface area contributed by atoms with E-state index in [1.54, 1.807) is 0 Å². The highest BCUT2D eigenvalue weighted by Gasteiger charge is 2.29. The van der Waals surface area contributed by atoms with E-state index < -0.39 is 0 Å². The van der Waals surface area contributed by atoms with E-state index in [1.165, 1.54) is 0 Å². The van der Waals surface area contributed by atoms with Crippen molar-refractivity contribution in [1.82, 2.24) is 9.91 Å². The molecule has 0 saturated heterocycles. The molecule has 88 valence electrons. The van der Waals surface area contributed by atoms with Crippen molar-refractivity contribution in [2.24, 2.45) is 16.9 Å². The summed E-state index contributed by atoms with van der Waals surface area (Å²) in [5.41, 5.74) is 0. The number of hydrogen-bond donors (Lipinski definition) is 0. The molecule has 0 radical (unpaired) electrons. The normalized spacial score (nSPS) is 21.1. The smallest absolute Gasteiger partial charge is 0.121 e. The van der Waals surface area contributed by atoms with Gasteiger partial charge in [-0.3, -0.25) is 5.01 Å². The molecule has 0 aromatic carbocycles. The van der Waals surface area contributed by atoms with Gasteiger partial charge in [-0.1, -0.05) is 34.6 Å².